The molecule has 0 aliphatic carbocycles. The number of carboxylic acid groups (broad SMARTS) is 1. The van der Waals surface area contributed by atoms with Crippen LogP contribution in [0.5, 0.6) is 0 Å². The second-order valence-corrected chi connectivity index (χ2v) is 7.08. The minimum Gasteiger partial charge on any atom is -0.481 e. The maximum absolute atomic E-state index is 12.6. The molecule has 3 rings (SSSR count). The molecule has 0 aromatic heterocycles. The number of nitrogens with one attached hydrogen (secondary N) is 1. The van der Waals surface area contributed by atoms with Gasteiger partial charge in [0.1, 0.15) is 18.1 Å². The molecule has 4 atom stereocenters. The Kier molecular flexibility index (Phi) is 4.13. The number of anilines is 1. The molecule has 1 aromatic carbocycles. The van der Waals surface area contributed by atoms with Gasteiger partial charge in [-0.15, -0.1) is 0 Å². The molecule has 7 heteroatoms. The molecule has 0 radical (unpaired) electrons. The van der Waals surface area contributed by atoms with Crippen LogP contribution in [0.2, 0.25) is 0 Å². The van der Waals surface area contributed by atoms with Gasteiger partial charge in [0, 0.05) is 14.7 Å². The summed E-state index contributed by atoms with van der Waals surface area (Å²) in [6, 6.07) is 7.37. The number of hydrogen-bond acceptors (Lipinski definition) is 3. The number of aryl methyl sites for hydroxylation is 1. The van der Waals surface area contributed by atoms with Crippen molar-refractivity contribution in [1.82, 2.24) is 0 Å². The first kappa shape index (κ1) is 15.7. The van der Waals surface area contributed by atoms with E-state index in [0.717, 1.165) is 5.56 Å². The van der Waals surface area contributed by atoms with Gasteiger partial charge in [0.2, 0.25) is 5.91 Å². The van der Waals surface area contributed by atoms with Gasteiger partial charge in [-0.1, -0.05) is 50.1 Å². The predicted molar refractivity (Wildman–Crippen MR) is 88.0 cm³/mol. The molecule has 22 heavy (non-hydrogen) atoms. The molecule has 116 valence electrons. The van der Waals surface area contributed by atoms with Crippen molar-refractivity contribution in [2.45, 2.75) is 19.1 Å². The van der Waals surface area contributed by atoms with Crippen LogP contribution in [0, 0.1) is 18.8 Å². The summed E-state index contributed by atoms with van der Waals surface area (Å²) in [5.41, 5.74) is 1.60. The van der Waals surface area contributed by atoms with E-state index in [4.69, 9.17) is 4.74 Å². The third-order valence-electron chi connectivity index (χ3n) is 4.05. The smallest absolute Gasteiger partial charge is 0.310 e. The van der Waals surface area contributed by atoms with Crippen LogP contribution in [-0.4, -0.2) is 29.2 Å². The molecular weight excluding hydrogens is 418 g/mol. The van der Waals surface area contributed by atoms with Gasteiger partial charge in [-0.05, 0) is 18.6 Å². The van der Waals surface area contributed by atoms with Crippen molar-refractivity contribution in [2.24, 2.45) is 11.8 Å². The van der Waals surface area contributed by atoms with Crippen molar-refractivity contribution in [2.75, 3.05) is 5.32 Å². The van der Waals surface area contributed by atoms with Gasteiger partial charge in [-0.3, -0.25) is 9.59 Å². The highest BCUT2D eigenvalue weighted by Crippen LogP contribution is 2.51. The summed E-state index contributed by atoms with van der Waals surface area (Å²) in [4.78, 5) is 24.2. The van der Waals surface area contributed by atoms with Crippen LogP contribution in [0.4, 0.5) is 5.69 Å². The van der Waals surface area contributed by atoms with Gasteiger partial charge in [-0.2, -0.15) is 0 Å². The Hall–Kier alpha value is -1.18. The molecule has 1 fully saturated rings. The Labute approximate surface area is 144 Å². The van der Waals surface area contributed by atoms with E-state index in [1.807, 2.05) is 25.1 Å². The average Bonchev–Trinajstić information content (AvgIpc) is 2.99. The molecule has 5 nitrogen and oxygen atoms in total. The highest BCUT2D eigenvalue weighted by Gasteiger charge is 2.58. The van der Waals surface area contributed by atoms with Gasteiger partial charge in [0.15, 0.2) is 0 Å². The van der Waals surface area contributed by atoms with Crippen molar-refractivity contribution in [3.8, 4) is 0 Å². The number of fused-ring (bicyclic) bond motifs is 2. The number of aliphatic carboxylic acids is 1. The number of carboxylic acids is 1. The van der Waals surface area contributed by atoms with Gasteiger partial charge >= 0.3 is 5.97 Å². The van der Waals surface area contributed by atoms with E-state index in [2.05, 4.69) is 37.2 Å². The van der Waals surface area contributed by atoms with Crippen LogP contribution >= 0.6 is 31.9 Å². The minimum absolute atomic E-state index is 0.342. The minimum atomic E-state index is -1.03. The predicted octanol–water partition coefficient (Wildman–Crippen LogP) is 3.03. The molecule has 1 saturated heterocycles. The van der Waals surface area contributed by atoms with Crippen molar-refractivity contribution < 1.29 is 19.4 Å². The molecule has 2 heterocycles. The number of carbonyl (C=O) groups excluding carboxylic acids is 1. The van der Waals surface area contributed by atoms with Crippen LogP contribution in [0.3, 0.4) is 0 Å². The third-order valence-corrected chi connectivity index (χ3v) is 6.34. The SMILES string of the molecule is Cc1ccccc1NC(=O)C1C2OC(C(Br)=C2Br)C1C(=O)O. The molecular formula is C15H13Br2NO4. The highest BCUT2D eigenvalue weighted by atomic mass is 79.9. The standard InChI is InChI=1S/C15H13Br2NO4/c1-6-4-2-3-5-7(6)18-14(19)8-9(15(20)21)13-11(17)10(16)12(8)22-13/h2-5,8-9,12-13H,1H3,(H,18,19)(H,20,21). The molecule has 2 aliphatic heterocycles. The Morgan fingerprint density at radius 2 is 1.73 bits per heavy atom. The maximum atomic E-state index is 12.6. The first-order valence-electron chi connectivity index (χ1n) is 6.71. The molecule has 2 bridgehead atoms. The fourth-order valence-corrected chi connectivity index (χ4v) is 4.16. The number of benzene rings is 1. The van der Waals surface area contributed by atoms with E-state index in [1.54, 1.807) is 6.07 Å². The van der Waals surface area contributed by atoms with Crippen LogP contribution in [0.25, 0.3) is 0 Å². The third kappa shape index (κ3) is 2.41. The van der Waals surface area contributed by atoms with E-state index < -0.39 is 30.0 Å². The van der Waals surface area contributed by atoms with Crippen molar-refractivity contribution in [3.63, 3.8) is 0 Å². The summed E-state index contributed by atoms with van der Waals surface area (Å²) < 4.78 is 7.04. The Morgan fingerprint density at radius 3 is 2.32 bits per heavy atom. The number of halogens is 2. The molecule has 4 unspecified atom stereocenters. The number of carbonyl (C=O) groups is 2. The summed E-state index contributed by atoms with van der Waals surface area (Å²) in [5.74, 6) is -3.04. The summed E-state index contributed by atoms with van der Waals surface area (Å²) in [7, 11) is 0. The van der Waals surface area contributed by atoms with Crippen LogP contribution < -0.4 is 5.32 Å². The van der Waals surface area contributed by atoms with E-state index in [-0.39, 0.29) is 5.91 Å². The van der Waals surface area contributed by atoms with Crippen LogP contribution in [0.1, 0.15) is 5.56 Å². The number of amides is 1. The lowest BCUT2D eigenvalue weighted by Gasteiger charge is -2.24. The lowest BCUT2D eigenvalue weighted by molar-refractivity contribution is -0.146. The molecule has 2 N–H and O–H groups in total. The summed E-state index contributed by atoms with van der Waals surface area (Å²) >= 11 is 6.72. The fraction of sp³-hybridized carbons (Fsp3) is 0.333. The maximum Gasteiger partial charge on any atom is 0.310 e. The number of para-hydroxylation sites is 1. The molecule has 1 amide bonds. The van der Waals surface area contributed by atoms with E-state index in [1.165, 1.54) is 0 Å². The van der Waals surface area contributed by atoms with Gasteiger partial charge in [0.05, 0.1) is 5.92 Å². The zero-order chi connectivity index (χ0) is 16.0. The lowest BCUT2D eigenvalue weighted by atomic mass is 9.82. The lowest BCUT2D eigenvalue weighted by Crippen LogP contribution is -2.41. The highest BCUT2D eigenvalue weighted by molar-refractivity contribution is 9.14. The van der Waals surface area contributed by atoms with E-state index >= 15 is 0 Å². The summed E-state index contributed by atoms with van der Waals surface area (Å²) in [6.07, 6.45) is -1.19. The molecule has 0 spiro atoms. The van der Waals surface area contributed by atoms with Crippen molar-refractivity contribution in [3.05, 3.63) is 38.8 Å². The Balaban J connectivity index is 1.89. The zero-order valence-electron chi connectivity index (χ0n) is 11.5. The van der Waals surface area contributed by atoms with Gasteiger partial charge < -0.3 is 15.2 Å². The topological polar surface area (TPSA) is 75.6 Å². The van der Waals surface area contributed by atoms with E-state index in [9.17, 15) is 14.7 Å². The van der Waals surface area contributed by atoms with Crippen molar-refractivity contribution in [1.29, 1.82) is 0 Å². The van der Waals surface area contributed by atoms with Gasteiger partial charge in [0.25, 0.3) is 0 Å². The Bertz CT molecular complexity index is 688. The van der Waals surface area contributed by atoms with Crippen LogP contribution in [0.15, 0.2) is 33.2 Å². The molecule has 0 saturated carbocycles. The number of ether oxygens (including phenoxy) is 1. The average molecular weight is 431 g/mol. The Morgan fingerprint density at radius 1 is 1.14 bits per heavy atom. The summed E-state index contributed by atoms with van der Waals surface area (Å²) in [5, 5.41) is 12.3. The molecule has 2 aliphatic rings. The number of hydrogen-bond donors (Lipinski definition) is 2. The van der Waals surface area contributed by atoms with Gasteiger partial charge in [-0.25, -0.2) is 0 Å². The first-order chi connectivity index (χ1) is 10.4. The second kappa shape index (κ2) is 5.79. The normalized spacial score (nSPS) is 29.8. The summed E-state index contributed by atoms with van der Waals surface area (Å²) in [6.45, 7) is 1.88. The fourth-order valence-electron chi connectivity index (χ4n) is 2.92. The number of rotatable bonds is 3. The van der Waals surface area contributed by atoms with Crippen LogP contribution in [-0.2, 0) is 14.3 Å². The molecule has 1 aromatic rings. The quantitative estimate of drug-likeness (QED) is 0.772. The first-order valence-corrected chi connectivity index (χ1v) is 8.30. The zero-order valence-corrected chi connectivity index (χ0v) is 14.7. The van der Waals surface area contributed by atoms with Crippen molar-refractivity contribution >= 4 is 49.4 Å². The second-order valence-electron chi connectivity index (χ2n) is 5.37. The largest absolute Gasteiger partial charge is 0.481 e. The monoisotopic (exact) mass is 429 g/mol. The van der Waals surface area contributed by atoms with E-state index in [0.29, 0.717) is 14.7 Å².